The molecule has 1 fully saturated rings. The van der Waals surface area contributed by atoms with E-state index in [1.165, 1.54) is 0 Å². The van der Waals surface area contributed by atoms with Crippen molar-refractivity contribution in [3.8, 4) is 6.07 Å². The predicted molar refractivity (Wildman–Crippen MR) is 34.9 cm³/mol. The Labute approximate surface area is 63.2 Å². The Morgan fingerprint density at radius 2 is 2.09 bits per heavy atom. The molecule has 5 heteroatoms. The highest BCUT2D eigenvalue weighted by Gasteiger charge is 2.45. The van der Waals surface area contributed by atoms with Gasteiger partial charge in [0.1, 0.15) is 5.54 Å². The molecule has 5 nitrogen and oxygen atoms in total. The van der Waals surface area contributed by atoms with Crippen LogP contribution in [-0.4, -0.2) is 17.4 Å². The summed E-state index contributed by atoms with van der Waals surface area (Å²) in [6.45, 7) is 0. The van der Waals surface area contributed by atoms with E-state index in [1.807, 2.05) is 6.07 Å². The maximum absolute atomic E-state index is 10.6. The molecule has 0 aromatic rings. The van der Waals surface area contributed by atoms with Crippen LogP contribution in [0, 0.1) is 11.3 Å². The number of amides is 2. The smallest absolute Gasteiger partial charge is 0.310 e. The maximum Gasteiger partial charge on any atom is 0.310 e. The molecule has 0 spiro atoms. The van der Waals surface area contributed by atoms with Crippen LogP contribution >= 0.6 is 0 Å². The Balaban J connectivity index is 2.51. The van der Waals surface area contributed by atoms with E-state index in [0.29, 0.717) is 12.8 Å². The Kier molecular flexibility index (Phi) is 1.53. The third-order valence-corrected chi connectivity index (χ3v) is 1.54. The van der Waals surface area contributed by atoms with Crippen molar-refractivity contribution in [1.82, 2.24) is 5.32 Å². The minimum Gasteiger partial charge on any atom is -0.361 e. The zero-order valence-corrected chi connectivity index (χ0v) is 5.76. The first-order valence-corrected chi connectivity index (χ1v) is 3.13. The Hall–Kier alpha value is -1.57. The van der Waals surface area contributed by atoms with Crippen LogP contribution in [0.1, 0.15) is 12.8 Å². The van der Waals surface area contributed by atoms with Crippen LogP contribution in [0.5, 0.6) is 0 Å². The highest BCUT2D eigenvalue weighted by atomic mass is 16.2. The first-order valence-electron chi connectivity index (χ1n) is 3.13. The molecule has 1 aliphatic carbocycles. The van der Waals surface area contributed by atoms with Crippen LogP contribution in [0.25, 0.3) is 0 Å². The standard InChI is InChI=1S/C6H7N3O2/c7-3-6(1-2-6)9-5(11)4(8)10/h1-2H2,(H2,8,10)(H,9,11). The molecule has 1 saturated carbocycles. The molecule has 0 aromatic heterocycles. The molecule has 0 radical (unpaired) electrons. The first kappa shape index (κ1) is 7.54. The van der Waals surface area contributed by atoms with Gasteiger partial charge in [0.05, 0.1) is 6.07 Å². The lowest BCUT2D eigenvalue weighted by Gasteiger charge is -2.04. The van der Waals surface area contributed by atoms with E-state index >= 15 is 0 Å². The monoisotopic (exact) mass is 153 g/mol. The van der Waals surface area contributed by atoms with Crippen molar-refractivity contribution in [2.75, 3.05) is 0 Å². The van der Waals surface area contributed by atoms with Gasteiger partial charge in [-0.05, 0) is 12.8 Å². The number of carbonyl (C=O) groups is 2. The molecule has 0 saturated heterocycles. The number of hydrogen-bond acceptors (Lipinski definition) is 3. The second-order valence-corrected chi connectivity index (χ2v) is 2.51. The van der Waals surface area contributed by atoms with Crippen molar-refractivity contribution >= 4 is 11.8 Å². The summed E-state index contributed by atoms with van der Waals surface area (Å²) in [5.74, 6) is -1.93. The highest BCUT2D eigenvalue weighted by Crippen LogP contribution is 2.33. The molecule has 0 heterocycles. The fourth-order valence-electron chi connectivity index (χ4n) is 0.669. The van der Waals surface area contributed by atoms with E-state index in [0.717, 1.165) is 0 Å². The van der Waals surface area contributed by atoms with Gasteiger partial charge >= 0.3 is 11.8 Å². The molecular formula is C6H7N3O2. The number of nitriles is 1. The van der Waals surface area contributed by atoms with E-state index in [2.05, 4.69) is 11.1 Å². The lowest BCUT2D eigenvalue weighted by Crippen LogP contribution is -2.43. The Bertz CT molecular complexity index is 249. The van der Waals surface area contributed by atoms with Gasteiger partial charge in [-0.2, -0.15) is 5.26 Å². The van der Waals surface area contributed by atoms with Crippen molar-refractivity contribution in [2.45, 2.75) is 18.4 Å². The third kappa shape index (κ3) is 1.46. The molecule has 0 bridgehead atoms. The summed E-state index contributed by atoms with van der Waals surface area (Å²) in [6.07, 6.45) is 1.20. The van der Waals surface area contributed by atoms with Crippen LogP contribution in [0.15, 0.2) is 0 Å². The van der Waals surface area contributed by atoms with Gasteiger partial charge in [0.2, 0.25) is 0 Å². The molecule has 11 heavy (non-hydrogen) atoms. The quantitative estimate of drug-likeness (QED) is 0.455. The van der Waals surface area contributed by atoms with Gasteiger partial charge in [0, 0.05) is 0 Å². The fraction of sp³-hybridized carbons (Fsp3) is 0.500. The summed E-state index contributed by atoms with van der Waals surface area (Å²) in [4.78, 5) is 20.8. The molecule has 2 amide bonds. The lowest BCUT2D eigenvalue weighted by molar-refractivity contribution is -0.137. The number of nitrogens with two attached hydrogens (primary N) is 1. The van der Waals surface area contributed by atoms with Crippen LogP contribution in [0.4, 0.5) is 0 Å². The molecule has 0 unspecified atom stereocenters. The first-order chi connectivity index (χ1) is 5.09. The van der Waals surface area contributed by atoms with Gasteiger partial charge in [-0.15, -0.1) is 0 Å². The summed E-state index contributed by atoms with van der Waals surface area (Å²) in [5.41, 5.74) is 3.87. The van der Waals surface area contributed by atoms with Gasteiger partial charge < -0.3 is 11.1 Å². The van der Waals surface area contributed by atoms with Crippen LogP contribution < -0.4 is 11.1 Å². The van der Waals surface area contributed by atoms with Crippen molar-refractivity contribution in [1.29, 1.82) is 5.26 Å². The van der Waals surface area contributed by atoms with Crippen molar-refractivity contribution in [3.05, 3.63) is 0 Å². The maximum atomic E-state index is 10.6. The van der Waals surface area contributed by atoms with Gasteiger partial charge in [-0.1, -0.05) is 0 Å². The number of nitrogens with zero attached hydrogens (tertiary/aromatic N) is 1. The summed E-state index contributed by atoms with van der Waals surface area (Å²) in [5, 5.41) is 10.7. The Morgan fingerprint density at radius 3 is 2.36 bits per heavy atom. The second-order valence-electron chi connectivity index (χ2n) is 2.51. The minimum absolute atomic E-state index is 0.600. The Morgan fingerprint density at radius 1 is 1.55 bits per heavy atom. The van der Waals surface area contributed by atoms with Crippen molar-refractivity contribution < 1.29 is 9.59 Å². The zero-order chi connectivity index (χ0) is 8.48. The van der Waals surface area contributed by atoms with Gasteiger partial charge in [0.25, 0.3) is 0 Å². The second kappa shape index (κ2) is 2.23. The molecule has 58 valence electrons. The van der Waals surface area contributed by atoms with Crippen LogP contribution in [-0.2, 0) is 9.59 Å². The number of nitrogens with one attached hydrogen (secondary N) is 1. The van der Waals surface area contributed by atoms with Gasteiger partial charge in [-0.3, -0.25) is 9.59 Å². The molecule has 0 aromatic carbocycles. The van der Waals surface area contributed by atoms with E-state index in [-0.39, 0.29) is 0 Å². The molecular weight excluding hydrogens is 146 g/mol. The summed E-state index contributed by atoms with van der Waals surface area (Å²) in [6, 6.07) is 1.90. The largest absolute Gasteiger partial charge is 0.361 e. The van der Waals surface area contributed by atoms with Crippen molar-refractivity contribution in [3.63, 3.8) is 0 Å². The van der Waals surface area contributed by atoms with E-state index in [4.69, 9.17) is 5.26 Å². The molecule has 3 N–H and O–H groups in total. The molecule has 1 aliphatic rings. The fourth-order valence-corrected chi connectivity index (χ4v) is 0.669. The predicted octanol–water partition coefficient (Wildman–Crippen LogP) is -1.36. The SMILES string of the molecule is N#CC1(NC(=O)C(N)=O)CC1. The average molecular weight is 153 g/mol. The summed E-state index contributed by atoms with van der Waals surface area (Å²) in [7, 11) is 0. The number of primary amides is 1. The van der Waals surface area contributed by atoms with Crippen LogP contribution in [0.2, 0.25) is 0 Å². The average Bonchev–Trinajstić information content (AvgIpc) is 2.69. The molecule has 0 aliphatic heterocycles. The van der Waals surface area contributed by atoms with E-state index in [9.17, 15) is 9.59 Å². The zero-order valence-electron chi connectivity index (χ0n) is 5.76. The number of hydrogen-bond donors (Lipinski definition) is 2. The normalized spacial score (nSPS) is 18.1. The molecule has 1 rings (SSSR count). The van der Waals surface area contributed by atoms with Crippen LogP contribution in [0.3, 0.4) is 0 Å². The summed E-state index contributed by atoms with van der Waals surface area (Å²) >= 11 is 0. The topological polar surface area (TPSA) is 96.0 Å². The highest BCUT2D eigenvalue weighted by molar-refractivity contribution is 6.34. The number of rotatable bonds is 1. The number of carbonyl (C=O) groups excluding carboxylic acids is 2. The van der Waals surface area contributed by atoms with E-state index in [1.54, 1.807) is 0 Å². The summed E-state index contributed by atoms with van der Waals surface area (Å²) < 4.78 is 0. The van der Waals surface area contributed by atoms with Crippen molar-refractivity contribution in [2.24, 2.45) is 5.73 Å². The minimum atomic E-state index is -1.05. The van der Waals surface area contributed by atoms with Gasteiger partial charge in [0.15, 0.2) is 0 Å². The molecule has 0 atom stereocenters. The van der Waals surface area contributed by atoms with E-state index < -0.39 is 17.4 Å². The third-order valence-electron chi connectivity index (χ3n) is 1.54. The lowest BCUT2D eigenvalue weighted by atomic mass is 10.3. The van der Waals surface area contributed by atoms with Gasteiger partial charge in [-0.25, -0.2) is 0 Å².